The minimum atomic E-state index is -0.736. The summed E-state index contributed by atoms with van der Waals surface area (Å²) in [5.41, 5.74) is 0.579. The number of nitrogens with one attached hydrogen (secondary N) is 1. The average Bonchev–Trinajstić information content (AvgIpc) is 2.72. The van der Waals surface area contributed by atoms with Gasteiger partial charge >= 0.3 is 0 Å². The normalized spacial score (nSPS) is 10.3. The van der Waals surface area contributed by atoms with Crippen molar-refractivity contribution in [1.29, 1.82) is 0 Å². The number of nitrogens with zero attached hydrogens (tertiary/aromatic N) is 1. The Kier molecular flexibility index (Phi) is 3.32. The number of carbonyl (C=O) groups excluding carboxylic acids is 1. The van der Waals surface area contributed by atoms with Gasteiger partial charge in [0.25, 0.3) is 5.91 Å². The van der Waals surface area contributed by atoms with Crippen LogP contribution in [0.15, 0.2) is 36.7 Å². The molecule has 0 bridgehead atoms. The quantitative estimate of drug-likeness (QED) is 0.870. The Morgan fingerprint density at radius 3 is 2.83 bits per heavy atom. The minimum absolute atomic E-state index is 0.285. The van der Waals surface area contributed by atoms with Crippen molar-refractivity contribution in [3.63, 3.8) is 0 Å². The predicted molar refractivity (Wildman–Crippen MR) is 64.6 cm³/mol. The molecule has 18 heavy (non-hydrogen) atoms. The Bertz CT molecular complexity index is 558. The van der Waals surface area contributed by atoms with E-state index in [-0.39, 0.29) is 17.9 Å². The molecule has 5 heteroatoms. The van der Waals surface area contributed by atoms with Crippen LogP contribution in [0.25, 0.3) is 0 Å². The maximum atomic E-state index is 13.4. The van der Waals surface area contributed by atoms with E-state index >= 15 is 0 Å². The summed E-state index contributed by atoms with van der Waals surface area (Å²) < 4.78 is 15.3. The first-order valence-corrected chi connectivity index (χ1v) is 5.44. The highest BCUT2D eigenvalue weighted by Crippen LogP contribution is 2.19. The van der Waals surface area contributed by atoms with Gasteiger partial charge in [0.05, 0.1) is 0 Å². The SMILES string of the molecule is Cn1ccc(CNC(=O)c2c(O)cccc2F)c1. The number of phenols is 1. The van der Waals surface area contributed by atoms with Crippen LogP contribution in [-0.2, 0) is 13.6 Å². The predicted octanol–water partition coefficient (Wildman–Crippen LogP) is 1.80. The Hall–Kier alpha value is -2.30. The zero-order chi connectivity index (χ0) is 13.1. The summed E-state index contributed by atoms with van der Waals surface area (Å²) in [6.45, 7) is 0.285. The number of carbonyl (C=O) groups is 1. The summed E-state index contributed by atoms with van der Waals surface area (Å²) in [7, 11) is 1.87. The van der Waals surface area contributed by atoms with Crippen molar-refractivity contribution in [2.24, 2.45) is 7.05 Å². The van der Waals surface area contributed by atoms with Crippen molar-refractivity contribution in [2.75, 3.05) is 0 Å². The van der Waals surface area contributed by atoms with Crippen LogP contribution in [-0.4, -0.2) is 15.6 Å². The van der Waals surface area contributed by atoms with Crippen molar-refractivity contribution < 1.29 is 14.3 Å². The number of aromatic nitrogens is 1. The number of hydrogen-bond acceptors (Lipinski definition) is 2. The third-order valence-corrected chi connectivity index (χ3v) is 2.56. The van der Waals surface area contributed by atoms with Crippen molar-refractivity contribution in [1.82, 2.24) is 9.88 Å². The van der Waals surface area contributed by atoms with E-state index in [0.717, 1.165) is 11.6 Å². The third kappa shape index (κ3) is 2.51. The van der Waals surface area contributed by atoms with Crippen molar-refractivity contribution >= 4 is 5.91 Å². The summed E-state index contributed by atoms with van der Waals surface area (Å²) in [4.78, 5) is 11.7. The van der Waals surface area contributed by atoms with Crippen LogP contribution in [0, 0.1) is 5.82 Å². The van der Waals surface area contributed by atoms with Crippen molar-refractivity contribution in [3.05, 3.63) is 53.6 Å². The molecule has 0 radical (unpaired) electrons. The molecule has 1 heterocycles. The van der Waals surface area contributed by atoms with E-state index in [1.54, 1.807) is 0 Å². The Morgan fingerprint density at radius 2 is 2.22 bits per heavy atom. The Balaban J connectivity index is 2.08. The molecular formula is C13H13FN2O2. The number of rotatable bonds is 3. The first-order valence-electron chi connectivity index (χ1n) is 5.44. The molecule has 0 spiro atoms. The van der Waals surface area contributed by atoms with Gasteiger partial charge in [-0.25, -0.2) is 4.39 Å². The van der Waals surface area contributed by atoms with Gasteiger partial charge in [0, 0.05) is 26.0 Å². The molecule has 0 atom stereocenters. The standard InChI is InChI=1S/C13H13FN2O2/c1-16-6-5-9(8-16)7-15-13(18)12-10(14)3-2-4-11(12)17/h2-6,8,17H,7H2,1H3,(H,15,18). The van der Waals surface area contributed by atoms with Crippen molar-refractivity contribution in [3.8, 4) is 5.75 Å². The van der Waals surface area contributed by atoms with Crippen LogP contribution in [0.4, 0.5) is 4.39 Å². The molecule has 94 valence electrons. The van der Waals surface area contributed by atoms with E-state index in [1.165, 1.54) is 12.1 Å². The number of aryl methyl sites for hydroxylation is 1. The summed E-state index contributed by atoms with van der Waals surface area (Å²) >= 11 is 0. The number of phenolic OH excluding ortho intramolecular Hbond substituents is 1. The molecule has 2 aromatic rings. The van der Waals surface area contributed by atoms with Gasteiger partial charge in [-0.15, -0.1) is 0 Å². The van der Waals surface area contributed by atoms with Gasteiger partial charge in [-0.1, -0.05) is 6.07 Å². The molecule has 0 saturated heterocycles. The lowest BCUT2D eigenvalue weighted by Gasteiger charge is -2.06. The molecule has 1 aromatic heterocycles. The van der Waals surface area contributed by atoms with Crippen molar-refractivity contribution in [2.45, 2.75) is 6.54 Å². The second-order valence-electron chi connectivity index (χ2n) is 4.00. The number of hydrogen-bond donors (Lipinski definition) is 2. The molecule has 0 saturated carbocycles. The molecule has 2 N–H and O–H groups in total. The lowest BCUT2D eigenvalue weighted by atomic mass is 10.1. The first kappa shape index (κ1) is 12.2. The van der Waals surface area contributed by atoms with Crippen LogP contribution in [0.3, 0.4) is 0 Å². The third-order valence-electron chi connectivity index (χ3n) is 2.56. The molecule has 0 aliphatic heterocycles. The fraction of sp³-hybridized carbons (Fsp3) is 0.154. The zero-order valence-electron chi connectivity index (χ0n) is 9.85. The molecule has 2 rings (SSSR count). The summed E-state index contributed by atoms with van der Waals surface area (Å²) in [6.07, 6.45) is 3.70. The van der Waals surface area contributed by atoms with Gasteiger partial charge in [0.2, 0.25) is 0 Å². The maximum absolute atomic E-state index is 13.4. The summed E-state index contributed by atoms with van der Waals surface area (Å²) in [6, 6.07) is 5.61. The fourth-order valence-electron chi connectivity index (χ4n) is 1.67. The topological polar surface area (TPSA) is 54.3 Å². The Labute approximate surface area is 104 Å². The number of halogens is 1. The van der Waals surface area contributed by atoms with Crippen LogP contribution in [0.1, 0.15) is 15.9 Å². The van der Waals surface area contributed by atoms with E-state index in [1.807, 2.05) is 30.1 Å². The summed E-state index contributed by atoms with van der Waals surface area (Å²) in [5.74, 6) is -1.73. The zero-order valence-corrected chi connectivity index (χ0v) is 9.85. The van der Waals surface area contributed by atoms with Crippen LogP contribution < -0.4 is 5.32 Å². The van der Waals surface area contributed by atoms with Gasteiger partial charge in [-0.05, 0) is 23.8 Å². The first-order chi connectivity index (χ1) is 8.58. The smallest absolute Gasteiger partial charge is 0.258 e. The molecule has 0 aliphatic carbocycles. The number of amides is 1. The van der Waals surface area contributed by atoms with E-state index in [2.05, 4.69) is 5.32 Å². The van der Waals surface area contributed by atoms with E-state index < -0.39 is 11.7 Å². The molecular weight excluding hydrogens is 235 g/mol. The highest BCUT2D eigenvalue weighted by atomic mass is 19.1. The van der Waals surface area contributed by atoms with E-state index in [0.29, 0.717) is 0 Å². The lowest BCUT2D eigenvalue weighted by Crippen LogP contribution is -2.23. The molecule has 0 fully saturated rings. The highest BCUT2D eigenvalue weighted by Gasteiger charge is 2.15. The number of benzene rings is 1. The van der Waals surface area contributed by atoms with Gasteiger partial charge in [-0.2, -0.15) is 0 Å². The minimum Gasteiger partial charge on any atom is -0.507 e. The molecule has 0 unspecified atom stereocenters. The second-order valence-corrected chi connectivity index (χ2v) is 4.00. The average molecular weight is 248 g/mol. The number of aromatic hydroxyl groups is 1. The highest BCUT2D eigenvalue weighted by molar-refractivity contribution is 5.97. The van der Waals surface area contributed by atoms with Gasteiger partial charge in [-0.3, -0.25) is 4.79 Å². The van der Waals surface area contributed by atoms with E-state index in [4.69, 9.17) is 0 Å². The van der Waals surface area contributed by atoms with Crippen LogP contribution in [0.5, 0.6) is 5.75 Å². The maximum Gasteiger partial charge on any atom is 0.258 e. The van der Waals surface area contributed by atoms with Gasteiger partial charge in [0.15, 0.2) is 0 Å². The fourth-order valence-corrected chi connectivity index (χ4v) is 1.67. The summed E-state index contributed by atoms with van der Waals surface area (Å²) in [5, 5.41) is 12.0. The van der Waals surface area contributed by atoms with Crippen LogP contribution in [0.2, 0.25) is 0 Å². The molecule has 1 aromatic carbocycles. The molecule has 1 amide bonds. The lowest BCUT2D eigenvalue weighted by molar-refractivity contribution is 0.0944. The van der Waals surface area contributed by atoms with Gasteiger partial charge in [0.1, 0.15) is 17.1 Å². The monoisotopic (exact) mass is 248 g/mol. The second kappa shape index (κ2) is 4.91. The molecule has 0 aliphatic rings. The van der Waals surface area contributed by atoms with Crippen LogP contribution >= 0.6 is 0 Å². The van der Waals surface area contributed by atoms with Gasteiger partial charge < -0.3 is 15.0 Å². The molecule has 4 nitrogen and oxygen atoms in total. The van der Waals surface area contributed by atoms with E-state index in [9.17, 15) is 14.3 Å². The Morgan fingerprint density at radius 1 is 1.44 bits per heavy atom. The largest absolute Gasteiger partial charge is 0.507 e.